The molecule has 0 atom stereocenters. The number of hydrogen-bond acceptors (Lipinski definition) is 3. The molecule has 1 aromatic carbocycles. The smallest absolute Gasteiger partial charge is 0.266 e. The standard InChI is InChI=1S/C16H13ClFN3O/c17-13-3-1-2-10(15(13)18)8-21-5-4-14-12(9-21)6-11(7-19)16(22)20-14/h1-3,6H,4-5,8-9H2,(H,20,22). The Morgan fingerprint density at radius 3 is 3.05 bits per heavy atom. The van der Waals surface area contributed by atoms with E-state index in [1.807, 2.05) is 6.07 Å². The van der Waals surface area contributed by atoms with Crippen LogP contribution in [0.3, 0.4) is 0 Å². The number of aromatic amines is 1. The third-order valence-corrected chi connectivity index (χ3v) is 4.13. The van der Waals surface area contributed by atoms with Gasteiger partial charge in [-0.25, -0.2) is 4.39 Å². The van der Waals surface area contributed by atoms with Crippen molar-refractivity contribution in [3.63, 3.8) is 0 Å². The molecular formula is C16H13ClFN3O. The highest BCUT2D eigenvalue weighted by Gasteiger charge is 2.20. The zero-order chi connectivity index (χ0) is 15.7. The van der Waals surface area contributed by atoms with Crippen LogP contribution in [0.25, 0.3) is 0 Å². The van der Waals surface area contributed by atoms with Crippen LogP contribution in [0, 0.1) is 17.1 Å². The minimum absolute atomic E-state index is 0.106. The zero-order valence-electron chi connectivity index (χ0n) is 11.7. The Morgan fingerprint density at radius 2 is 2.27 bits per heavy atom. The van der Waals surface area contributed by atoms with E-state index in [-0.39, 0.29) is 16.1 Å². The van der Waals surface area contributed by atoms with Crippen molar-refractivity contribution in [3.8, 4) is 6.07 Å². The summed E-state index contributed by atoms with van der Waals surface area (Å²) in [5.41, 5.74) is 2.06. The fraction of sp³-hybridized carbons (Fsp3) is 0.250. The molecule has 22 heavy (non-hydrogen) atoms. The molecule has 0 radical (unpaired) electrons. The lowest BCUT2D eigenvalue weighted by Crippen LogP contribution is -2.32. The molecule has 0 saturated carbocycles. The summed E-state index contributed by atoms with van der Waals surface area (Å²) >= 11 is 5.80. The van der Waals surface area contributed by atoms with Gasteiger partial charge in [0.25, 0.3) is 5.56 Å². The van der Waals surface area contributed by atoms with Gasteiger partial charge in [0.15, 0.2) is 0 Å². The van der Waals surface area contributed by atoms with Crippen LogP contribution in [0.15, 0.2) is 29.1 Å². The van der Waals surface area contributed by atoms with Gasteiger partial charge in [-0.15, -0.1) is 0 Å². The summed E-state index contributed by atoms with van der Waals surface area (Å²) in [6.07, 6.45) is 0.665. The Morgan fingerprint density at radius 1 is 1.45 bits per heavy atom. The molecule has 0 saturated heterocycles. The van der Waals surface area contributed by atoms with Gasteiger partial charge in [0.2, 0.25) is 0 Å². The fourth-order valence-corrected chi connectivity index (χ4v) is 2.89. The molecule has 1 aromatic heterocycles. The summed E-state index contributed by atoms with van der Waals surface area (Å²) < 4.78 is 14.0. The van der Waals surface area contributed by atoms with Crippen LogP contribution in [-0.4, -0.2) is 16.4 Å². The van der Waals surface area contributed by atoms with Crippen LogP contribution in [0.1, 0.15) is 22.4 Å². The molecule has 0 spiro atoms. The lowest BCUT2D eigenvalue weighted by atomic mass is 10.0. The molecule has 3 rings (SSSR count). The largest absolute Gasteiger partial charge is 0.325 e. The van der Waals surface area contributed by atoms with Crippen molar-refractivity contribution in [2.45, 2.75) is 19.5 Å². The second kappa shape index (κ2) is 5.91. The molecule has 1 N–H and O–H groups in total. The van der Waals surface area contributed by atoms with Gasteiger partial charge >= 0.3 is 0 Å². The molecule has 112 valence electrons. The van der Waals surface area contributed by atoms with Crippen molar-refractivity contribution < 1.29 is 4.39 Å². The Balaban J connectivity index is 1.84. The first kappa shape index (κ1) is 14.8. The van der Waals surface area contributed by atoms with Gasteiger partial charge in [0, 0.05) is 37.3 Å². The first-order chi connectivity index (χ1) is 10.6. The van der Waals surface area contributed by atoms with Crippen LogP contribution in [0.5, 0.6) is 0 Å². The van der Waals surface area contributed by atoms with E-state index in [0.29, 0.717) is 31.6 Å². The molecule has 1 aliphatic heterocycles. The second-order valence-electron chi connectivity index (χ2n) is 5.30. The first-order valence-corrected chi connectivity index (χ1v) is 7.26. The third kappa shape index (κ3) is 2.76. The number of aromatic nitrogens is 1. The van der Waals surface area contributed by atoms with Gasteiger partial charge in [0.1, 0.15) is 17.4 Å². The van der Waals surface area contributed by atoms with E-state index in [1.54, 1.807) is 18.2 Å². The third-order valence-electron chi connectivity index (χ3n) is 3.83. The predicted molar refractivity (Wildman–Crippen MR) is 81.0 cm³/mol. The maximum atomic E-state index is 14.0. The predicted octanol–water partition coefficient (Wildman–Crippen LogP) is 2.60. The van der Waals surface area contributed by atoms with Crippen molar-refractivity contribution >= 4 is 11.6 Å². The molecular weight excluding hydrogens is 305 g/mol. The van der Waals surface area contributed by atoms with Crippen molar-refractivity contribution in [3.05, 3.63) is 67.8 Å². The molecule has 0 amide bonds. The summed E-state index contributed by atoms with van der Waals surface area (Å²) in [4.78, 5) is 16.4. The van der Waals surface area contributed by atoms with Gasteiger partial charge in [-0.05, 0) is 17.7 Å². The van der Waals surface area contributed by atoms with Gasteiger partial charge < -0.3 is 4.98 Å². The van der Waals surface area contributed by atoms with E-state index in [9.17, 15) is 9.18 Å². The summed E-state index contributed by atoms with van der Waals surface area (Å²) in [7, 11) is 0. The van der Waals surface area contributed by atoms with E-state index >= 15 is 0 Å². The highest BCUT2D eigenvalue weighted by Crippen LogP contribution is 2.22. The lowest BCUT2D eigenvalue weighted by Gasteiger charge is -2.28. The summed E-state index contributed by atoms with van der Waals surface area (Å²) in [5, 5.41) is 9.06. The van der Waals surface area contributed by atoms with E-state index in [2.05, 4.69) is 9.88 Å². The number of halogens is 2. The minimum atomic E-state index is -0.394. The van der Waals surface area contributed by atoms with Gasteiger partial charge in [-0.1, -0.05) is 23.7 Å². The number of H-pyrrole nitrogens is 1. The Kier molecular flexibility index (Phi) is 3.97. The molecule has 4 nitrogen and oxygen atoms in total. The number of nitriles is 1. The summed E-state index contributed by atoms with van der Waals surface area (Å²) in [6.45, 7) is 1.71. The quantitative estimate of drug-likeness (QED) is 0.926. The SMILES string of the molecule is N#Cc1cc2c([nH]c1=O)CCN(Cc1cccc(Cl)c1F)C2. The molecule has 1 aliphatic rings. The van der Waals surface area contributed by atoms with Crippen molar-refractivity contribution in [1.29, 1.82) is 5.26 Å². The fourth-order valence-electron chi connectivity index (χ4n) is 2.70. The minimum Gasteiger partial charge on any atom is -0.325 e. The van der Waals surface area contributed by atoms with Crippen LogP contribution in [0.2, 0.25) is 5.02 Å². The number of benzene rings is 1. The summed E-state index contributed by atoms with van der Waals surface area (Å²) in [5.74, 6) is -0.394. The second-order valence-corrected chi connectivity index (χ2v) is 5.71. The number of pyridine rings is 1. The van der Waals surface area contributed by atoms with Crippen LogP contribution in [0.4, 0.5) is 4.39 Å². The van der Waals surface area contributed by atoms with Crippen molar-refractivity contribution in [1.82, 2.24) is 9.88 Å². The monoisotopic (exact) mass is 317 g/mol. The average molecular weight is 318 g/mol. The van der Waals surface area contributed by atoms with Crippen molar-refractivity contribution in [2.75, 3.05) is 6.54 Å². The van der Waals surface area contributed by atoms with Gasteiger partial charge in [-0.3, -0.25) is 9.69 Å². The normalized spacial score (nSPS) is 14.4. The summed E-state index contributed by atoms with van der Waals surface area (Å²) in [6, 6.07) is 8.47. The van der Waals surface area contributed by atoms with E-state index in [1.165, 1.54) is 6.07 Å². The van der Waals surface area contributed by atoms with Crippen LogP contribution >= 0.6 is 11.6 Å². The molecule has 0 bridgehead atoms. The maximum absolute atomic E-state index is 14.0. The molecule has 6 heteroatoms. The van der Waals surface area contributed by atoms with E-state index < -0.39 is 5.82 Å². The van der Waals surface area contributed by atoms with E-state index in [4.69, 9.17) is 16.9 Å². The molecule has 2 heterocycles. The number of fused-ring (bicyclic) bond motifs is 1. The highest BCUT2D eigenvalue weighted by molar-refractivity contribution is 6.30. The number of rotatable bonds is 2. The van der Waals surface area contributed by atoms with Gasteiger partial charge in [0.05, 0.1) is 5.02 Å². The maximum Gasteiger partial charge on any atom is 0.266 e. The molecule has 0 fully saturated rings. The van der Waals surface area contributed by atoms with Crippen LogP contribution < -0.4 is 5.56 Å². The Labute approximate surface area is 131 Å². The molecule has 0 unspecified atom stereocenters. The number of hydrogen-bond donors (Lipinski definition) is 1. The first-order valence-electron chi connectivity index (χ1n) is 6.89. The number of nitrogens with zero attached hydrogens (tertiary/aromatic N) is 2. The van der Waals surface area contributed by atoms with Gasteiger partial charge in [-0.2, -0.15) is 5.26 Å². The number of nitrogens with one attached hydrogen (secondary N) is 1. The zero-order valence-corrected chi connectivity index (χ0v) is 12.5. The molecule has 0 aliphatic carbocycles. The Bertz CT molecular complexity index is 825. The topological polar surface area (TPSA) is 59.9 Å². The average Bonchev–Trinajstić information content (AvgIpc) is 2.51. The highest BCUT2D eigenvalue weighted by atomic mass is 35.5. The lowest BCUT2D eigenvalue weighted by molar-refractivity contribution is 0.240. The van der Waals surface area contributed by atoms with E-state index in [0.717, 1.165) is 11.3 Å². The van der Waals surface area contributed by atoms with Crippen LogP contribution in [-0.2, 0) is 19.5 Å². The van der Waals surface area contributed by atoms with Crippen molar-refractivity contribution in [2.24, 2.45) is 0 Å². The molecule has 2 aromatic rings. The Hall–Kier alpha value is -2.16.